The summed E-state index contributed by atoms with van der Waals surface area (Å²) in [4.78, 5) is 21.5. The second kappa shape index (κ2) is 6.71. The molecule has 0 fully saturated rings. The van der Waals surface area contributed by atoms with Crippen LogP contribution in [-0.2, 0) is 32.5 Å². The summed E-state index contributed by atoms with van der Waals surface area (Å²) in [6.07, 6.45) is 2.51. The Morgan fingerprint density at radius 3 is 2.54 bits per heavy atom. The molecule has 1 aromatic carbocycles. The van der Waals surface area contributed by atoms with Gasteiger partial charge in [-0.1, -0.05) is 4.47 Å². The topological polar surface area (TPSA) is 145 Å². The Balaban J connectivity index is 2.00. The summed E-state index contributed by atoms with van der Waals surface area (Å²) in [6.45, 7) is 0. The number of aliphatic carboxylic acids is 2. The highest BCUT2D eigenvalue weighted by atomic mass is 32.2. The van der Waals surface area contributed by atoms with Gasteiger partial charge in [0.2, 0.25) is 0 Å². The van der Waals surface area contributed by atoms with Crippen molar-refractivity contribution in [2.45, 2.75) is 43.0 Å². The highest BCUT2D eigenvalue weighted by Gasteiger charge is 2.37. The Bertz CT molecular complexity index is 978. The number of hydrogen-bond donors (Lipinski definition) is 3. The van der Waals surface area contributed by atoms with E-state index in [4.69, 9.17) is 14.6 Å². The lowest BCUT2D eigenvalue weighted by Gasteiger charge is -2.20. The molecule has 0 amide bonds. The lowest BCUT2D eigenvalue weighted by molar-refractivity contribution is -0.157. The van der Waals surface area contributed by atoms with E-state index >= 15 is 0 Å². The minimum absolute atomic E-state index is 0.330. The maximum absolute atomic E-state index is 12.5. The quantitative estimate of drug-likeness (QED) is 0.638. The Morgan fingerprint density at radius 2 is 1.88 bits per heavy atom. The van der Waals surface area contributed by atoms with Crippen molar-refractivity contribution in [1.29, 1.82) is 0 Å². The molecule has 1 aliphatic rings. The van der Waals surface area contributed by atoms with Crippen LogP contribution in [0.15, 0.2) is 27.5 Å². The van der Waals surface area contributed by atoms with E-state index in [9.17, 15) is 23.2 Å². The third-order valence-corrected chi connectivity index (χ3v) is 5.99. The van der Waals surface area contributed by atoms with Crippen LogP contribution in [0.2, 0.25) is 0 Å². The Kier molecular flexibility index (Phi) is 4.74. The smallest absolute Gasteiger partial charge is 0.325 e. The molecule has 0 unspecified atom stereocenters. The summed E-state index contributed by atoms with van der Waals surface area (Å²) < 4.78 is 30.3. The molecular formula is C16H17NO8S. The van der Waals surface area contributed by atoms with E-state index < -0.39 is 38.9 Å². The van der Waals surface area contributed by atoms with Crippen molar-refractivity contribution < 1.29 is 37.8 Å². The molecule has 1 atom stereocenters. The molecule has 0 aliphatic heterocycles. The van der Waals surface area contributed by atoms with Crippen LogP contribution in [0.3, 0.4) is 0 Å². The first-order chi connectivity index (χ1) is 12.2. The number of nitrogens with zero attached hydrogens (tertiary/aromatic N) is 1. The summed E-state index contributed by atoms with van der Waals surface area (Å²) in [5.41, 5.74) is 1.36. The standard InChI is InChI=1S/C16H17NO8S/c18-15(19)8-12(16(20)21)17(22)26(23,24)9-5-6-11-10-3-1-2-4-13(10)25-14(11)7-9/h5-7,12,22H,1-4,8H2,(H,18,19)(H,20,21)/t12-/m0/s1. The molecule has 0 saturated heterocycles. The third kappa shape index (κ3) is 3.18. The van der Waals surface area contributed by atoms with Crippen molar-refractivity contribution in [3.05, 3.63) is 29.5 Å². The average molecular weight is 383 g/mol. The highest BCUT2D eigenvalue weighted by molar-refractivity contribution is 7.89. The van der Waals surface area contributed by atoms with Gasteiger partial charge in [0.1, 0.15) is 11.3 Å². The van der Waals surface area contributed by atoms with Gasteiger partial charge in [-0.2, -0.15) is 0 Å². The minimum Gasteiger partial charge on any atom is -0.481 e. The first-order valence-electron chi connectivity index (χ1n) is 7.94. The van der Waals surface area contributed by atoms with Gasteiger partial charge in [0.15, 0.2) is 6.04 Å². The first-order valence-corrected chi connectivity index (χ1v) is 9.38. The number of benzene rings is 1. The number of furan rings is 1. The average Bonchev–Trinajstić information content (AvgIpc) is 2.96. The number of carboxylic acid groups (broad SMARTS) is 2. The van der Waals surface area contributed by atoms with Crippen LogP contribution in [0.4, 0.5) is 0 Å². The molecule has 1 aromatic heterocycles. The van der Waals surface area contributed by atoms with E-state index in [1.54, 1.807) is 6.07 Å². The van der Waals surface area contributed by atoms with Gasteiger partial charge in [-0.15, -0.1) is 0 Å². The molecule has 0 spiro atoms. The van der Waals surface area contributed by atoms with Gasteiger partial charge in [-0.25, -0.2) is 8.42 Å². The number of fused-ring (bicyclic) bond motifs is 3. The van der Waals surface area contributed by atoms with Gasteiger partial charge in [0, 0.05) is 23.4 Å². The van der Waals surface area contributed by atoms with Crippen LogP contribution >= 0.6 is 0 Å². The molecule has 3 rings (SSSR count). The van der Waals surface area contributed by atoms with Crippen LogP contribution in [-0.4, -0.2) is 46.3 Å². The van der Waals surface area contributed by atoms with Crippen LogP contribution in [0, 0.1) is 0 Å². The zero-order valence-electron chi connectivity index (χ0n) is 13.6. The van der Waals surface area contributed by atoms with E-state index in [0.29, 0.717) is 5.58 Å². The fourth-order valence-electron chi connectivity index (χ4n) is 3.11. The number of hydrogen-bond acceptors (Lipinski definition) is 6. The molecule has 0 radical (unpaired) electrons. The summed E-state index contributed by atoms with van der Waals surface area (Å²) in [5.74, 6) is -2.52. The van der Waals surface area contributed by atoms with Crippen molar-refractivity contribution in [1.82, 2.24) is 4.47 Å². The predicted octanol–water partition coefficient (Wildman–Crippen LogP) is 1.62. The van der Waals surface area contributed by atoms with Gasteiger partial charge in [-0.05, 0) is 31.4 Å². The van der Waals surface area contributed by atoms with E-state index in [2.05, 4.69) is 0 Å². The van der Waals surface area contributed by atoms with E-state index in [0.717, 1.165) is 42.4 Å². The summed E-state index contributed by atoms with van der Waals surface area (Å²) in [6, 6.07) is 1.87. The van der Waals surface area contributed by atoms with Gasteiger partial charge in [0.25, 0.3) is 10.0 Å². The molecule has 9 nitrogen and oxygen atoms in total. The summed E-state index contributed by atoms with van der Waals surface area (Å²) in [7, 11) is -4.64. The Labute approximate surface area is 148 Å². The molecule has 1 aliphatic carbocycles. The van der Waals surface area contributed by atoms with E-state index in [-0.39, 0.29) is 4.90 Å². The number of rotatable bonds is 6. The van der Waals surface area contributed by atoms with Crippen molar-refractivity contribution in [2.24, 2.45) is 0 Å². The highest BCUT2D eigenvalue weighted by Crippen LogP contribution is 2.33. The zero-order chi connectivity index (χ0) is 19.1. The molecule has 3 N–H and O–H groups in total. The van der Waals surface area contributed by atoms with Crippen LogP contribution in [0.5, 0.6) is 0 Å². The predicted molar refractivity (Wildman–Crippen MR) is 87.3 cm³/mol. The number of aryl methyl sites for hydroxylation is 2. The molecule has 1 heterocycles. The maximum atomic E-state index is 12.5. The Morgan fingerprint density at radius 1 is 1.19 bits per heavy atom. The number of carboxylic acids is 2. The molecule has 26 heavy (non-hydrogen) atoms. The number of carbonyl (C=O) groups is 2. The van der Waals surface area contributed by atoms with E-state index in [1.807, 2.05) is 0 Å². The van der Waals surface area contributed by atoms with Crippen LogP contribution in [0.1, 0.15) is 30.6 Å². The molecule has 2 aromatic rings. The van der Waals surface area contributed by atoms with E-state index in [1.165, 1.54) is 12.1 Å². The SMILES string of the molecule is O=C(O)C[C@@H](C(=O)O)N(O)S(=O)(=O)c1ccc2c3c(oc2c1)CCCC3. The summed E-state index contributed by atoms with van der Waals surface area (Å²) in [5, 5.41) is 28.5. The van der Waals surface area contributed by atoms with Crippen molar-refractivity contribution in [3.8, 4) is 0 Å². The largest absolute Gasteiger partial charge is 0.481 e. The zero-order valence-corrected chi connectivity index (χ0v) is 14.4. The second-order valence-corrected chi connectivity index (χ2v) is 7.89. The molecule has 0 saturated carbocycles. The second-order valence-electron chi connectivity index (χ2n) is 6.10. The normalized spacial score (nSPS) is 15.8. The molecular weight excluding hydrogens is 366 g/mol. The maximum Gasteiger partial charge on any atom is 0.325 e. The molecule has 140 valence electrons. The van der Waals surface area contributed by atoms with Crippen molar-refractivity contribution >= 4 is 32.9 Å². The van der Waals surface area contributed by atoms with Gasteiger partial charge >= 0.3 is 11.9 Å². The lowest BCUT2D eigenvalue weighted by atomic mass is 9.96. The van der Waals surface area contributed by atoms with Gasteiger partial charge in [-0.3, -0.25) is 14.8 Å². The lowest BCUT2D eigenvalue weighted by Crippen LogP contribution is -2.44. The summed E-state index contributed by atoms with van der Waals surface area (Å²) >= 11 is 0. The first kappa shape index (κ1) is 18.4. The van der Waals surface area contributed by atoms with Gasteiger partial charge in [0.05, 0.1) is 11.3 Å². The fourth-order valence-corrected chi connectivity index (χ4v) is 4.32. The van der Waals surface area contributed by atoms with Gasteiger partial charge < -0.3 is 14.6 Å². The number of sulfonamides is 1. The Hall–Kier alpha value is -2.43. The fraction of sp³-hybridized carbons (Fsp3) is 0.375. The monoisotopic (exact) mass is 383 g/mol. The third-order valence-electron chi connectivity index (χ3n) is 4.39. The molecule has 10 heteroatoms. The van der Waals surface area contributed by atoms with Crippen LogP contribution in [0.25, 0.3) is 11.0 Å². The van der Waals surface area contributed by atoms with Crippen molar-refractivity contribution in [3.63, 3.8) is 0 Å². The molecule has 0 bridgehead atoms. The van der Waals surface area contributed by atoms with Crippen molar-refractivity contribution in [2.75, 3.05) is 0 Å². The number of hydroxylamine groups is 1. The minimum atomic E-state index is -4.64. The van der Waals surface area contributed by atoms with Crippen LogP contribution < -0.4 is 0 Å².